The molecule has 1 aliphatic rings. The fourth-order valence-corrected chi connectivity index (χ4v) is 3.12. The Labute approximate surface area is 143 Å². The van der Waals surface area contributed by atoms with Gasteiger partial charge in [0.25, 0.3) is 5.91 Å². The third-order valence-corrected chi connectivity index (χ3v) is 4.28. The van der Waals surface area contributed by atoms with Crippen LogP contribution in [-0.2, 0) is 0 Å². The van der Waals surface area contributed by atoms with E-state index in [2.05, 4.69) is 16.3 Å². The number of rotatable bonds is 5. The van der Waals surface area contributed by atoms with E-state index in [1.807, 2.05) is 43.3 Å². The van der Waals surface area contributed by atoms with Crippen LogP contribution in [0.4, 0.5) is 11.4 Å². The van der Waals surface area contributed by atoms with Crippen LogP contribution >= 0.6 is 0 Å². The number of piperidine rings is 1. The summed E-state index contributed by atoms with van der Waals surface area (Å²) in [6, 6.07) is 15.4. The normalized spacial score (nSPS) is 14.3. The number of amides is 1. The highest BCUT2D eigenvalue weighted by Gasteiger charge is 2.17. The number of carbonyl (C=O) groups excluding carboxylic acids is 1. The Bertz CT molecular complexity index is 694. The minimum Gasteiger partial charge on any atom is -0.493 e. The summed E-state index contributed by atoms with van der Waals surface area (Å²) in [5.74, 6) is 0.483. The number of hydrogen-bond donors (Lipinski definition) is 1. The first kappa shape index (κ1) is 16.4. The van der Waals surface area contributed by atoms with Gasteiger partial charge in [0.2, 0.25) is 0 Å². The number of para-hydroxylation sites is 3. The molecule has 0 aliphatic carbocycles. The molecule has 2 aromatic rings. The van der Waals surface area contributed by atoms with Crippen LogP contribution in [0, 0.1) is 0 Å². The van der Waals surface area contributed by atoms with Crippen molar-refractivity contribution in [2.75, 3.05) is 29.9 Å². The van der Waals surface area contributed by atoms with Crippen LogP contribution in [0.2, 0.25) is 0 Å². The van der Waals surface area contributed by atoms with E-state index in [-0.39, 0.29) is 5.91 Å². The molecule has 0 saturated carbocycles. The minimum absolute atomic E-state index is 0.136. The summed E-state index contributed by atoms with van der Waals surface area (Å²) in [6.45, 7) is 4.54. The van der Waals surface area contributed by atoms with E-state index < -0.39 is 0 Å². The van der Waals surface area contributed by atoms with E-state index in [9.17, 15) is 4.79 Å². The second-order valence-electron chi connectivity index (χ2n) is 5.95. The third kappa shape index (κ3) is 3.70. The van der Waals surface area contributed by atoms with Gasteiger partial charge in [0.1, 0.15) is 5.75 Å². The SMILES string of the molecule is CCOc1ccccc1C(=O)Nc1ccccc1N1CCCCC1. The van der Waals surface area contributed by atoms with Crippen molar-refractivity contribution in [1.82, 2.24) is 0 Å². The molecule has 3 rings (SSSR count). The van der Waals surface area contributed by atoms with Gasteiger partial charge in [-0.25, -0.2) is 0 Å². The molecule has 1 N–H and O–H groups in total. The van der Waals surface area contributed by atoms with Gasteiger partial charge in [0, 0.05) is 13.1 Å². The third-order valence-electron chi connectivity index (χ3n) is 4.28. The van der Waals surface area contributed by atoms with Crippen LogP contribution in [0.1, 0.15) is 36.5 Å². The second-order valence-corrected chi connectivity index (χ2v) is 5.95. The van der Waals surface area contributed by atoms with Gasteiger partial charge in [-0.2, -0.15) is 0 Å². The molecule has 0 bridgehead atoms. The van der Waals surface area contributed by atoms with Gasteiger partial charge in [-0.1, -0.05) is 24.3 Å². The van der Waals surface area contributed by atoms with E-state index in [1.165, 1.54) is 19.3 Å². The predicted molar refractivity (Wildman–Crippen MR) is 98.1 cm³/mol. The smallest absolute Gasteiger partial charge is 0.259 e. The molecule has 1 heterocycles. The first-order chi connectivity index (χ1) is 11.8. The zero-order valence-corrected chi connectivity index (χ0v) is 14.1. The van der Waals surface area contributed by atoms with Crippen molar-refractivity contribution in [2.24, 2.45) is 0 Å². The molecule has 0 atom stereocenters. The van der Waals surface area contributed by atoms with Gasteiger partial charge in [0.05, 0.1) is 23.5 Å². The van der Waals surface area contributed by atoms with E-state index in [4.69, 9.17) is 4.74 Å². The van der Waals surface area contributed by atoms with Crippen molar-refractivity contribution >= 4 is 17.3 Å². The van der Waals surface area contributed by atoms with Gasteiger partial charge < -0.3 is 15.0 Å². The molecule has 1 fully saturated rings. The van der Waals surface area contributed by atoms with Crippen molar-refractivity contribution in [1.29, 1.82) is 0 Å². The largest absolute Gasteiger partial charge is 0.493 e. The van der Waals surface area contributed by atoms with Crippen LogP contribution in [0.3, 0.4) is 0 Å². The Morgan fingerprint density at radius 3 is 2.54 bits per heavy atom. The van der Waals surface area contributed by atoms with Gasteiger partial charge >= 0.3 is 0 Å². The number of anilines is 2. The summed E-state index contributed by atoms with van der Waals surface area (Å²) in [7, 11) is 0. The van der Waals surface area contributed by atoms with Crippen LogP contribution in [0.25, 0.3) is 0 Å². The van der Waals surface area contributed by atoms with E-state index in [0.29, 0.717) is 17.9 Å². The minimum atomic E-state index is -0.136. The lowest BCUT2D eigenvalue weighted by molar-refractivity contribution is 0.102. The zero-order chi connectivity index (χ0) is 16.8. The van der Waals surface area contributed by atoms with E-state index in [0.717, 1.165) is 24.5 Å². The van der Waals surface area contributed by atoms with E-state index in [1.54, 1.807) is 6.07 Å². The van der Waals surface area contributed by atoms with Crippen molar-refractivity contribution in [3.8, 4) is 5.75 Å². The van der Waals surface area contributed by atoms with Crippen LogP contribution in [-0.4, -0.2) is 25.6 Å². The summed E-state index contributed by atoms with van der Waals surface area (Å²) in [4.78, 5) is 15.1. The summed E-state index contributed by atoms with van der Waals surface area (Å²) in [6.07, 6.45) is 3.69. The average molecular weight is 324 g/mol. The average Bonchev–Trinajstić information content (AvgIpc) is 2.63. The van der Waals surface area contributed by atoms with Crippen LogP contribution < -0.4 is 15.0 Å². The molecule has 4 heteroatoms. The maximum absolute atomic E-state index is 12.7. The van der Waals surface area contributed by atoms with Crippen LogP contribution in [0.15, 0.2) is 48.5 Å². The number of ether oxygens (including phenoxy) is 1. The number of carbonyl (C=O) groups is 1. The van der Waals surface area contributed by atoms with Gasteiger partial charge in [-0.3, -0.25) is 4.79 Å². The second kappa shape index (κ2) is 7.86. The molecule has 2 aromatic carbocycles. The molecular weight excluding hydrogens is 300 g/mol. The Morgan fingerprint density at radius 2 is 1.75 bits per heavy atom. The highest BCUT2D eigenvalue weighted by Crippen LogP contribution is 2.29. The van der Waals surface area contributed by atoms with Gasteiger partial charge in [-0.05, 0) is 50.5 Å². The number of nitrogens with one attached hydrogen (secondary N) is 1. The quantitative estimate of drug-likeness (QED) is 0.890. The summed E-state index contributed by atoms with van der Waals surface area (Å²) < 4.78 is 5.57. The lowest BCUT2D eigenvalue weighted by Crippen LogP contribution is -2.30. The molecule has 0 radical (unpaired) electrons. The molecule has 1 aliphatic heterocycles. The Morgan fingerprint density at radius 1 is 1.04 bits per heavy atom. The highest BCUT2D eigenvalue weighted by atomic mass is 16.5. The Hall–Kier alpha value is -2.49. The molecule has 1 saturated heterocycles. The van der Waals surface area contributed by atoms with Crippen molar-refractivity contribution < 1.29 is 9.53 Å². The van der Waals surface area contributed by atoms with Crippen molar-refractivity contribution in [3.63, 3.8) is 0 Å². The molecular formula is C20H24N2O2. The topological polar surface area (TPSA) is 41.6 Å². The standard InChI is InChI=1S/C20H24N2O2/c1-2-24-19-13-7-4-10-16(19)20(23)21-17-11-5-6-12-18(17)22-14-8-3-9-15-22/h4-7,10-13H,2-3,8-9,14-15H2,1H3,(H,21,23). The van der Waals surface area contributed by atoms with Gasteiger partial charge in [0.15, 0.2) is 0 Å². The molecule has 0 unspecified atom stereocenters. The highest BCUT2D eigenvalue weighted by molar-refractivity contribution is 6.07. The molecule has 126 valence electrons. The van der Waals surface area contributed by atoms with Crippen LogP contribution in [0.5, 0.6) is 5.75 Å². The van der Waals surface area contributed by atoms with Crippen molar-refractivity contribution in [3.05, 3.63) is 54.1 Å². The molecule has 4 nitrogen and oxygen atoms in total. The monoisotopic (exact) mass is 324 g/mol. The molecule has 0 aromatic heterocycles. The maximum atomic E-state index is 12.7. The zero-order valence-electron chi connectivity index (χ0n) is 14.1. The number of nitrogens with zero attached hydrogens (tertiary/aromatic N) is 1. The summed E-state index contributed by atoms with van der Waals surface area (Å²) in [5, 5.41) is 3.06. The number of hydrogen-bond acceptors (Lipinski definition) is 3. The summed E-state index contributed by atoms with van der Waals surface area (Å²) in [5.41, 5.74) is 2.52. The van der Waals surface area contributed by atoms with E-state index >= 15 is 0 Å². The van der Waals surface area contributed by atoms with Gasteiger partial charge in [-0.15, -0.1) is 0 Å². The fourth-order valence-electron chi connectivity index (χ4n) is 3.12. The maximum Gasteiger partial charge on any atom is 0.259 e. The predicted octanol–water partition coefficient (Wildman–Crippen LogP) is 4.33. The van der Waals surface area contributed by atoms with Crippen molar-refractivity contribution in [2.45, 2.75) is 26.2 Å². The molecule has 1 amide bonds. The fraction of sp³-hybridized carbons (Fsp3) is 0.350. The first-order valence-corrected chi connectivity index (χ1v) is 8.66. The number of benzene rings is 2. The molecule has 24 heavy (non-hydrogen) atoms. The summed E-state index contributed by atoms with van der Waals surface area (Å²) >= 11 is 0. The first-order valence-electron chi connectivity index (χ1n) is 8.66. The lowest BCUT2D eigenvalue weighted by Gasteiger charge is -2.30. The Kier molecular flexibility index (Phi) is 5.36. The Balaban J connectivity index is 1.82. The lowest BCUT2D eigenvalue weighted by atomic mass is 10.1. The molecule has 0 spiro atoms.